The Hall–Kier alpha value is -2.55. The second-order valence-corrected chi connectivity index (χ2v) is 10.7. The van der Waals surface area contributed by atoms with Crippen molar-refractivity contribution in [2.45, 2.75) is 50.8 Å². The maximum absolute atomic E-state index is 12.7. The number of nitrogens with one attached hydrogen (secondary N) is 1. The van der Waals surface area contributed by atoms with E-state index in [1.807, 2.05) is 0 Å². The molecule has 1 fully saturated rings. The van der Waals surface area contributed by atoms with Crippen LogP contribution in [0.15, 0.2) is 46.4 Å². The molecule has 1 saturated heterocycles. The number of hydrogen-bond acceptors (Lipinski definition) is 5. The predicted molar refractivity (Wildman–Crippen MR) is 128 cm³/mol. The van der Waals surface area contributed by atoms with Crippen LogP contribution in [-0.2, 0) is 32.4 Å². The van der Waals surface area contributed by atoms with Gasteiger partial charge >= 0.3 is 0 Å². The molecule has 0 unspecified atom stereocenters. The number of benzene rings is 2. The molecule has 1 aliphatic heterocycles. The van der Waals surface area contributed by atoms with Gasteiger partial charge in [0.25, 0.3) is 0 Å². The molecule has 1 amide bonds. The van der Waals surface area contributed by atoms with E-state index in [4.69, 9.17) is 4.74 Å². The lowest BCUT2D eigenvalue weighted by atomic mass is 9.86. The van der Waals surface area contributed by atoms with E-state index >= 15 is 0 Å². The lowest BCUT2D eigenvalue weighted by molar-refractivity contribution is -0.121. The number of hydrogen-bond donors (Lipinski definition) is 1. The molecule has 4 rings (SSSR count). The highest BCUT2D eigenvalue weighted by atomic mass is 32.2. The van der Waals surface area contributed by atoms with Crippen molar-refractivity contribution in [3.63, 3.8) is 0 Å². The van der Waals surface area contributed by atoms with Gasteiger partial charge in [0.1, 0.15) is 0 Å². The van der Waals surface area contributed by atoms with Crippen LogP contribution in [-0.4, -0.2) is 50.6 Å². The largest absolute Gasteiger partial charge is 0.379 e. The van der Waals surface area contributed by atoms with Gasteiger partial charge in [0.15, 0.2) is 0 Å². The monoisotopic (exact) mass is 469 g/mol. The minimum Gasteiger partial charge on any atom is -0.379 e. The molecule has 1 N–H and O–H groups in total. The summed E-state index contributed by atoms with van der Waals surface area (Å²) in [4.78, 5) is 12.7. The van der Waals surface area contributed by atoms with Crippen LogP contribution >= 0.6 is 0 Å². The van der Waals surface area contributed by atoms with Crippen LogP contribution in [0.4, 0.5) is 0 Å². The molecule has 7 nitrogen and oxygen atoms in total. The Labute approximate surface area is 195 Å². The number of hydrazone groups is 1. The van der Waals surface area contributed by atoms with Gasteiger partial charge in [-0.05, 0) is 74.4 Å². The molecular weight excluding hydrogens is 438 g/mol. The SMILES string of the molecule is Cc1cc(C)c2c(c1)/C(=N\NC(=O)CCc1ccc(S(=O)(=O)N3CCOCC3)cc1)CCC2. The topological polar surface area (TPSA) is 88.1 Å². The summed E-state index contributed by atoms with van der Waals surface area (Å²) in [5, 5.41) is 4.44. The normalized spacial score (nSPS) is 18.2. The first-order valence-corrected chi connectivity index (χ1v) is 12.9. The van der Waals surface area contributed by atoms with Crippen molar-refractivity contribution in [3.8, 4) is 0 Å². The van der Waals surface area contributed by atoms with Crippen molar-refractivity contribution >= 4 is 21.6 Å². The van der Waals surface area contributed by atoms with Gasteiger partial charge in [0.2, 0.25) is 15.9 Å². The number of nitrogens with zero attached hydrogens (tertiary/aromatic N) is 2. The van der Waals surface area contributed by atoms with Crippen molar-refractivity contribution in [1.82, 2.24) is 9.73 Å². The van der Waals surface area contributed by atoms with Crippen LogP contribution < -0.4 is 5.43 Å². The number of aryl methyl sites for hydroxylation is 3. The number of morpholine rings is 1. The summed E-state index contributed by atoms with van der Waals surface area (Å²) >= 11 is 0. The first kappa shape index (κ1) is 23.6. The average Bonchev–Trinajstić information content (AvgIpc) is 2.82. The third-order valence-corrected chi connectivity index (χ3v) is 8.17. The van der Waals surface area contributed by atoms with E-state index < -0.39 is 10.0 Å². The van der Waals surface area contributed by atoms with Crippen LogP contribution in [0, 0.1) is 13.8 Å². The Kier molecular flexibility index (Phi) is 7.26. The molecular formula is C25H31N3O4S. The number of ether oxygens (including phenoxy) is 1. The number of sulfonamides is 1. The lowest BCUT2D eigenvalue weighted by Gasteiger charge is -2.26. The second-order valence-electron chi connectivity index (χ2n) is 8.72. The molecule has 0 saturated carbocycles. The summed E-state index contributed by atoms with van der Waals surface area (Å²) in [6.07, 6.45) is 3.74. The number of carbonyl (C=O) groups excluding carboxylic acids is 1. The van der Waals surface area contributed by atoms with Gasteiger partial charge in [-0.2, -0.15) is 9.41 Å². The molecule has 2 aromatic carbocycles. The minimum absolute atomic E-state index is 0.149. The van der Waals surface area contributed by atoms with E-state index in [0.717, 1.165) is 36.1 Å². The molecule has 1 heterocycles. The average molecular weight is 470 g/mol. The molecule has 0 aromatic heterocycles. The number of amides is 1. The van der Waals surface area contributed by atoms with Crippen LogP contribution in [0.2, 0.25) is 0 Å². The maximum Gasteiger partial charge on any atom is 0.243 e. The van der Waals surface area contributed by atoms with E-state index in [1.54, 1.807) is 24.3 Å². The number of fused-ring (bicyclic) bond motifs is 1. The summed E-state index contributed by atoms with van der Waals surface area (Å²) in [5.74, 6) is -0.149. The third-order valence-electron chi connectivity index (χ3n) is 6.26. The quantitative estimate of drug-likeness (QED) is 0.659. The highest BCUT2D eigenvalue weighted by Crippen LogP contribution is 2.26. The Morgan fingerprint density at radius 1 is 1.09 bits per heavy atom. The first-order chi connectivity index (χ1) is 15.8. The molecule has 8 heteroatoms. The first-order valence-electron chi connectivity index (χ1n) is 11.5. The van der Waals surface area contributed by atoms with Gasteiger partial charge in [-0.15, -0.1) is 0 Å². The van der Waals surface area contributed by atoms with Crippen LogP contribution in [0.1, 0.15) is 47.1 Å². The van der Waals surface area contributed by atoms with Gasteiger partial charge in [0, 0.05) is 25.1 Å². The molecule has 0 spiro atoms. The fourth-order valence-electron chi connectivity index (χ4n) is 4.48. The zero-order chi connectivity index (χ0) is 23.4. The summed E-state index contributed by atoms with van der Waals surface area (Å²) in [7, 11) is -3.51. The maximum atomic E-state index is 12.7. The van der Waals surface area contributed by atoms with E-state index in [0.29, 0.717) is 32.7 Å². The predicted octanol–water partition coefficient (Wildman–Crippen LogP) is 3.11. The zero-order valence-corrected chi connectivity index (χ0v) is 20.1. The molecule has 0 atom stereocenters. The van der Waals surface area contributed by atoms with Crippen molar-refractivity contribution in [2.75, 3.05) is 26.3 Å². The Morgan fingerprint density at radius 3 is 2.55 bits per heavy atom. The van der Waals surface area contributed by atoms with Crippen LogP contribution in [0.25, 0.3) is 0 Å². The Balaban J connectivity index is 1.35. The molecule has 0 radical (unpaired) electrons. The second kappa shape index (κ2) is 10.2. The highest BCUT2D eigenvalue weighted by molar-refractivity contribution is 7.89. The Morgan fingerprint density at radius 2 is 1.82 bits per heavy atom. The zero-order valence-electron chi connectivity index (χ0n) is 19.3. The number of rotatable bonds is 6. The number of carbonyl (C=O) groups is 1. The molecule has 2 aliphatic rings. The summed E-state index contributed by atoms with van der Waals surface area (Å²) in [6, 6.07) is 11.1. The molecule has 0 bridgehead atoms. The van der Waals surface area contributed by atoms with E-state index in [9.17, 15) is 13.2 Å². The van der Waals surface area contributed by atoms with Crippen LogP contribution in [0.5, 0.6) is 0 Å². The van der Waals surface area contributed by atoms with Gasteiger partial charge in [-0.3, -0.25) is 4.79 Å². The summed E-state index contributed by atoms with van der Waals surface area (Å²) < 4.78 is 32.1. The molecule has 33 heavy (non-hydrogen) atoms. The smallest absolute Gasteiger partial charge is 0.243 e. The third kappa shape index (κ3) is 5.51. The fourth-order valence-corrected chi connectivity index (χ4v) is 5.89. The van der Waals surface area contributed by atoms with Gasteiger partial charge in [-0.25, -0.2) is 13.8 Å². The van der Waals surface area contributed by atoms with Gasteiger partial charge < -0.3 is 4.74 Å². The van der Waals surface area contributed by atoms with Crippen molar-refractivity contribution in [1.29, 1.82) is 0 Å². The fraction of sp³-hybridized carbons (Fsp3) is 0.440. The summed E-state index contributed by atoms with van der Waals surface area (Å²) in [5.41, 5.74) is 9.52. The van der Waals surface area contributed by atoms with E-state index in [2.05, 4.69) is 36.5 Å². The van der Waals surface area contributed by atoms with E-state index in [-0.39, 0.29) is 17.2 Å². The highest BCUT2D eigenvalue weighted by Gasteiger charge is 2.26. The van der Waals surface area contributed by atoms with Gasteiger partial charge in [0.05, 0.1) is 23.8 Å². The molecule has 1 aliphatic carbocycles. The molecule has 2 aromatic rings. The molecule has 176 valence electrons. The minimum atomic E-state index is -3.51. The van der Waals surface area contributed by atoms with Crippen molar-refractivity contribution in [2.24, 2.45) is 5.10 Å². The standard InChI is InChI=1S/C25H31N3O4S/c1-18-16-19(2)22-4-3-5-24(23(22)17-18)26-27-25(29)11-8-20-6-9-21(10-7-20)33(30,31)28-12-14-32-15-13-28/h6-7,9-10,16-17H,3-5,8,11-15H2,1-2H3,(H,27,29)/b26-24-. The van der Waals surface area contributed by atoms with Crippen LogP contribution in [0.3, 0.4) is 0 Å². The van der Waals surface area contributed by atoms with Crippen molar-refractivity contribution < 1.29 is 17.9 Å². The summed E-state index contributed by atoms with van der Waals surface area (Å²) in [6.45, 7) is 5.79. The Bertz CT molecular complexity index is 1150. The van der Waals surface area contributed by atoms with Gasteiger partial charge in [-0.1, -0.05) is 23.8 Å². The van der Waals surface area contributed by atoms with E-state index in [1.165, 1.54) is 21.0 Å². The van der Waals surface area contributed by atoms with Crippen molar-refractivity contribution in [3.05, 3.63) is 64.2 Å². The lowest BCUT2D eigenvalue weighted by Crippen LogP contribution is -2.40.